The van der Waals surface area contributed by atoms with E-state index in [0.717, 1.165) is 5.69 Å². The zero-order chi connectivity index (χ0) is 20.1. The minimum Gasteiger partial charge on any atom is -0.406 e. The number of alkyl halides is 3. The number of nitrogens with one attached hydrogen (secondary N) is 1. The highest BCUT2D eigenvalue weighted by atomic mass is 19.4. The molecule has 1 aliphatic rings. The second-order valence-corrected chi connectivity index (χ2v) is 6.27. The van der Waals surface area contributed by atoms with Crippen molar-refractivity contribution in [2.45, 2.75) is 6.36 Å². The van der Waals surface area contributed by atoms with Gasteiger partial charge >= 0.3 is 6.36 Å². The van der Waals surface area contributed by atoms with Crippen LogP contribution in [0.2, 0.25) is 0 Å². The van der Waals surface area contributed by atoms with Gasteiger partial charge in [0.2, 0.25) is 5.91 Å². The maximum absolute atomic E-state index is 13.0. The molecular weight excluding hydrogens is 378 g/mol. The quantitative estimate of drug-likeness (QED) is 0.785. The molecule has 0 spiro atoms. The molecule has 9 heteroatoms. The number of halogens is 4. The number of hydrogen-bond donors (Lipinski definition) is 1. The van der Waals surface area contributed by atoms with Gasteiger partial charge in [0.1, 0.15) is 11.6 Å². The first-order valence-electron chi connectivity index (χ1n) is 8.68. The van der Waals surface area contributed by atoms with Gasteiger partial charge in [-0.1, -0.05) is 0 Å². The summed E-state index contributed by atoms with van der Waals surface area (Å²) in [5.74, 6) is -0.711. The zero-order valence-corrected chi connectivity index (χ0v) is 14.9. The van der Waals surface area contributed by atoms with Crippen molar-refractivity contribution in [3.8, 4) is 5.75 Å². The smallest absolute Gasteiger partial charge is 0.406 e. The van der Waals surface area contributed by atoms with E-state index in [4.69, 9.17) is 0 Å². The Morgan fingerprint density at radius 3 is 2.14 bits per heavy atom. The van der Waals surface area contributed by atoms with Crippen molar-refractivity contribution in [3.63, 3.8) is 0 Å². The molecule has 0 atom stereocenters. The van der Waals surface area contributed by atoms with Crippen LogP contribution in [0.5, 0.6) is 5.75 Å². The van der Waals surface area contributed by atoms with Crippen LogP contribution < -0.4 is 15.0 Å². The number of hydrogen-bond acceptors (Lipinski definition) is 4. The molecule has 1 fully saturated rings. The Bertz CT molecular complexity index is 786. The second kappa shape index (κ2) is 8.37. The van der Waals surface area contributed by atoms with E-state index < -0.39 is 6.36 Å². The molecule has 5 nitrogen and oxygen atoms in total. The number of carbonyl (C=O) groups excluding carboxylic acids is 1. The fourth-order valence-electron chi connectivity index (χ4n) is 2.93. The number of nitrogens with zero attached hydrogens (tertiary/aromatic N) is 2. The minimum atomic E-state index is -4.74. The van der Waals surface area contributed by atoms with Gasteiger partial charge in [0, 0.05) is 37.6 Å². The lowest BCUT2D eigenvalue weighted by molar-refractivity contribution is -0.274. The number of carbonyl (C=O) groups is 1. The van der Waals surface area contributed by atoms with Crippen molar-refractivity contribution in [3.05, 3.63) is 54.3 Å². The molecule has 0 bridgehead atoms. The van der Waals surface area contributed by atoms with Crippen LogP contribution in [-0.4, -0.2) is 49.9 Å². The maximum atomic E-state index is 13.0. The molecule has 1 amide bonds. The number of piperazine rings is 1. The van der Waals surface area contributed by atoms with E-state index in [1.807, 2.05) is 0 Å². The van der Waals surface area contributed by atoms with Crippen molar-refractivity contribution >= 4 is 17.3 Å². The lowest BCUT2D eigenvalue weighted by Gasteiger charge is -2.36. The van der Waals surface area contributed by atoms with Gasteiger partial charge in [0.25, 0.3) is 0 Å². The minimum absolute atomic E-state index is 0.0377. The first kappa shape index (κ1) is 19.8. The molecule has 1 heterocycles. The Labute approximate surface area is 159 Å². The molecule has 0 aliphatic carbocycles. The molecular formula is C19H19F4N3O2. The van der Waals surface area contributed by atoms with Crippen molar-refractivity contribution < 1.29 is 27.1 Å². The van der Waals surface area contributed by atoms with Gasteiger partial charge in [-0.2, -0.15) is 0 Å². The summed E-state index contributed by atoms with van der Waals surface area (Å²) in [5.41, 5.74) is 1.43. The molecule has 2 aromatic rings. The molecule has 1 aliphatic heterocycles. The van der Waals surface area contributed by atoms with Crippen LogP contribution in [0.3, 0.4) is 0 Å². The van der Waals surface area contributed by atoms with Crippen molar-refractivity contribution in [2.24, 2.45) is 0 Å². The highest BCUT2D eigenvalue weighted by Gasteiger charge is 2.31. The number of rotatable bonds is 5. The van der Waals surface area contributed by atoms with Crippen LogP contribution in [0.4, 0.5) is 28.9 Å². The second-order valence-electron chi connectivity index (χ2n) is 6.27. The summed E-state index contributed by atoms with van der Waals surface area (Å²) < 4.78 is 53.2. The van der Waals surface area contributed by atoms with E-state index in [1.165, 1.54) is 36.4 Å². The third kappa shape index (κ3) is 5.51. The number of amides is 1. The normalized spacial score (nSPS) is 14.7. The maximum Gasteiger partial charge on any atom is 0.573 e. The number of anilines is 2. The summed E-state index contributed by atoms with van der Waals surface area (Å²) in [4.78, 5) is 16.1. The van der Waals surface area contributed by atoms with Gasteiger partial charge < -0.3 is 19.9 Å². The summed E-state index contributed by atoms with van der Waals surface area (Å²) in [6.07, 6.45) is -4.74. The third-order valence-electron chi connectivity index (χ3n) is 4.36. The van der Waals surface area contributed by atoms with Crippen LogP contribution >= 0.6 is 0 Å². The van der Waals surface area contributed by atoms with Crippen LogP contribution in [0.1, 0.15) is 0 Å². The Hall–Kier alpha value is -2.97. The van der Waals surface area contributed by atoms with E-state index in [0.29, 0.717) is 31.9 Å². The van der Waals surface area contributed by atoms with E-state index in [9.17, 15) is 22.4 Å². The predicted molar refractivity (Wildman–Crippen MR) is 96.8 cm³/mol. The molecule has 3 rings (SSSR count). The molecule has 0 radical (unpaired) electrons. The SMILES string of the molecule is O=C(CNc1ccc(OC(F)(F)F)cc1)N1CCN(c2ccc(F)cc2)CC1. The van der Waals surface area contributed by atoms with Gasteiger partial charge in [-0.05, 0) is 48.5 Å². The highest BCUT2D eigenvalue weighted by Crippen LogP contribution is 2.24. The van der Waals surface area contributed by atoms with Gasteiger partial charge in [-0.3, -0.25) is 4.79 Å². The van der Waals surface area contributed by atoms with E-state index in [2.05, 4.69) is 15.0 Å². The standard InChI is InChI=1S/C19H19F4N3O2/c20-14-1-5-16(6-2-14)25-9-11-26(12-10-25)18(27)13-24-15-3-7-17(8-4-15)28-19(21,22)23/h1-8,24H,9-13H2. The molecule has 0 aromatic heterocycles. The largest absolute Gasteiger partial charge is 0.573 e. The Balaban J connectivity index is 1.45. The molecule has 0 saturated carbocycles. The van der Waals surface area contributed by atoms with Crippen molar-refractivity contribution in [2.75, 3.05) is 42.9 Å². The van der Waals surface area contributed by atoms with E-state index in [1.54, 1.807) is 17.0 Å². The summed E-state index contributed by atoms with van der Waals surface area (Å²) in [6, 6.07) is 11.4. The fourth-order valence-corrected chi connectivity index (χ4v) is 2.93. The van der Waals surface area contributed by atoms with Crippen molar-refractivity contribution in [1.82, 2.24) is 4.90 Å². The Morgan fingerprint density at radius 2 is 1.57 bits per heavy atom. The van der Waals surface area contributed by atoms with Gasteiger partial charge in [-0.15, -0.1) is 13.2 Å². The van der Waals surface area contributed by atoms with Gasteiger partial charge in [0.15, 0.2) is 0 Å². The van der Waals surface area contributed by atoms with Crippen LogP contribution in [0, 0.1) is 5.82 Å². The number of benzene rings is 2. The summed E-state index contributed by atoms with van der Waals surface area (Å²) in [5, 5.41) is 2.90. The zero-order valence-electron chi connectivity index (χ0n) is 14.9. The highest BCUT2D eigenvalue weighted by molar-refractivity contribution is 5.81. The average molecular weight is 397 g/mol. The van der Waals surface area contributed by atoms with Crippen LogP contribution in [0.15, 0.2) is 48.5 Å². The summed E-state index contributed by atoms with van der Waals surface area (Å²) in [7, 11) is 0. The molecule has 2 aromatic carbocycles. The van der Waals surface area contributed by atoms with E-state index in [-0.39, 0.29) is 24.0 Å². The molecule has 150 valence electrons. The Kier molecular flexibility index (Phi) is 5.91. The number of ether oxygens (including phenoxy) is 1. The Morgan fingerprint density at radius 1 is 0.964 bits per heavy atom. The predicted octanol–water partition coefficient (Wildman–Crippen LogP) is 3.49. The first-order chi connectivity index (χ1) is 13.3. The monoisotopic (exact) mass is 397 g/mol. The molecule has 1 saturated heterocycles. The molecule has 0 unspecified atom stereocenters. The topological polar surface area (TPSA) is 44.8 Å². The summed E-state index contributed by atoms with van der Waals surface area (Å²) in [6.45, 7) is 2.39. The van der Waals surface area contributed by atoms with Crippen molar-refractivity contribution in [1.29, 1.82) is 0 Å². The fraction of sp³-hybridized carbons (Fsp3) is 0.316. The molecule has 28 heavy (non-hydrogen) atoms. The third-order valence-corrected chi connectivity index (χ3v) is 4.36. The first-order valence-corrected chi connectivity index (χ1v) is 8.68. The lowest BCUT2D eigenvalue weighted by atomic mass is 10.2. The van der Waals surface area contributed by atoms with E-state index >= 15 is 0 Å². The van der Waals surface area contributed by atoms with Gasteiger partial charge in [-0.25, -0.2) is 4.39 Å². The van der Waals surface area contributed by atoms with Gasteiger partial charge in [0.05, 0.1) is 6.54 Å². The van der Waals surface area contributed by atoms with Crippen LogP contribution in [-0.2, 0) is 4.79 Å². The van der Waals surface area contributed by atoms with Crippen LogP contribution in [0.25, 0.3) is 0 Å². The average Bonchev–Trinajstić information content (AvgIpc) is 2.67. The molecule has 1 N–H and O–H groups in total. The summed E-state index contributed by atoms with van der Waals surface area (Å²) >= 11 is 0. The lowest BCUT2D eigenvalue weighted by Crippen LogP contribution is -2.50.